The van der Waals surface area contributed by atoms with Crippen molar-refractivity contribution >= 4 is 38.1 Å². The molecule has 2 N–H and O–H groups in total. The van der Waals surface area contributed by atoms with Crippen molar-refractivity contribution in [2.45, 2.75) is 25.1 Å². The molecular formula is C18H18N4O3S2. The quantitative estimate of drug-likeness (QED) is 0.636. The second kappa shape index (κ2) is 7.45. The lowest BCUT2D eigenvalue weighted by Gasteiger charge is -2.10. The number of anilines is 2. The number of nitrogens with one attached hydrogen (secondary N) is 2. The second-order valence-electron chi connectivity index (χ2n) is 6.00. The van der Waals surface area contributed by atoms with Crippen LogP contribution in [0.25, 0.3) is 0 Å². The van der Waals surface area contributed by atoms with E-state index in [9.17, 15) is 13.2 Å². The third kappa shape index (κ3) is 4.15. The minimum Gasteiger partial charge on any atom is -0.296 e. The van der Waals surface area contributed by atoms with Crippen LogP contribution in [0.1, 0.15) is 27.0 Å². The molecule has 0 saturated carbocycles. The van der Waals surface area contributed by atoms with Gasteiger partial charge in [-0.3, -0.25) is 14.8 Å². The van der Waals surface area contributed by atoms with Gasteiger partial charge in [-0.1, -0.05) is 41.7 Å². The SMILES string of the molecule is Cc1ccccc1C(=O)Nc1nnc(S(=O)(=O)Nc2cccc(C)c2C)s1. The first kappa shape index (κ1) is 19.0. The van der Waals surface area contributed by atoms with E-state index in [1.54, 1.807) is 24.3 Å². The van der Waals surface area contributed by atoms with Gasteiger partial charge in [-0.05, 0) is 49.6 Å². The zero-order valence-electron chi connectivity index (χ0n) is 15.0. The van der Waals surface area contributed by atoms with Crippen LogP contribution in [0.4, 0.5) is 10.8 Å². The van der Waals surface area contributed by atoms with E-state index in [4.69, 9.17) is 0 Å². The number of carbonyl (C=O) groups is 1. The maximum Gasteiger partial charge on any atom is 0.291 e. The fraction of sp³-hybridized carbons (Fsp3) is 0.167. The summed E-state index contributed by atoms with van der Waals surface area (Å²) in [5.41, 5.74) is 3.59. The topological polar surface area (TPSA) is 101 Å². The van der Waals surface area contributed by atoms with Gasteiger partial charge in [0.15, 0.2) is 0 Å². The lowest BCUT2D eigenvalue weighted by Crippen LogP contribution is -2.14. The number of aryl methyl sites for hydroxylation is 2. The highest BCUT2D eigenvalue weighted by Crippen LogP contribution is 2.25. The van der Waals surface area contributed by atoms with Crippen molar-refractivity contribution in [1.29, 1.82) is 0 Å². The number of aromatic nitrogens is 2. The Morgan fingerprint density at radius 3 is 2.41 bits per heavy atom. The van der Waals surface area contributed by atoms with Crippen molar-refractivity contribution in [2.24, 2.45) is 0 Å². The summed E-state index contributed by atoms with van der Waals surface area (Å²) in [5.74, 6) is -0.365. The van der Waals surface area contributed by atoms with Crippen LogP contribution in [0.15, 0.2) is 46.8 Å². The molecule has 27 heavy (non-hydrogen) atoms. The third-order valence-corrected chi connectivity index (χ3v) is 6.67. The first-order chi connectivity index (χ1) is 12.8. The fourth-order valence-electron chi connectivity index (χ4n) is 2.41. The largest absolute Gasteiger partial charge is 0.296 e. The Balaban J connectivity index is 1.79. The molecule has 0 aliphatic heterocycles. The van der Waals surface area contributed by atoms with Crippen molar-refractivity contribution in [3.05, 3.63) is 64.7 Å². The Bertz CT molecular complexity index is 1110. The molecule has 0 bridgehead atoms. The van der Waals surface area contributed by atoms with Crippen LogP contribution < -0.4 is 10.0 Å². The predicted octanol–water partition coefficient (Wildman–Crippen LogP) is 3.52. The Morgan fingerprint density at radius 2 is 1.67 bits per heavy atom. The Labute approximate surface area is 161 Å². The number of amides is 1. The molecule has 0 radical (unpaired) electrons. The zero-order valence-corrected chi connectivity index (χ0v) is 16.6. The van der Waals surface area contributed by atoms with Crippen molar-refractivity contribution < 1.29 is 13.2 Å². The second-order valence-corrected chi connectivity index (χ2v) is 8.83. The maximum atomic E-state index is 12.6. The van der Waals surface area contributed by atoms with E-state index in [-0.39, 0.29) is 15.4 Å². The summed E-state index contributed by atoms with van der Waals surface area (Å²) < 4.78 is 27.4. The molecule has 0 atom stereocenters. The molecular weight excluding hydrogens is 384 g/mol. The number of carbonyl (C=O) groups excluding carboxylic acids is 1. The molecule has 140 valence electrons. The molecule has 0 aliphatic carbocycles. The highest BCUT2D eigenvalue weighted by atomic mass is 32.2. The van der Waals surface area contributed by atoms with Crippen LogP contribution in [0.2, 0.25) is 0 Å². The molecule has 0 spiro atoms. The van der Waals surface area contributed by atoms with Gasteiger partial charge in [0.25, 0.3) is 20.3 Å². The molecule has 0 aliphatic rings. The number of hydrogen-bond acceptors (Lipinski definition) is 6. The third-order valence-electron chi connectivity index (χ3n) is 4.10. The number of rotatable bonds is 5. The minimum atomic E-state index is -3.90. The maximum absolute atomic E-state index is 12.6. The average Bonchev–Trinajstić information content (AvgIpc) is 3.08. The standard InChI is InChI=1S/C18H18N4O3S2/c1-11-8-6-10-15(13(11)3)22-27(24,25)18-21-20-17(26-18)19-16(23)14-9-5-4-7-12(14)2/h4-10,22H,1-3H3,(H,19,20,23). The molecule has 7 nitrogen and oxygen atoms in total. The van der Waals surface area contributed by atoms with Gasteiger partial charge in [0, 0.05) is 5.56 Å². The molecule has 0 fully saturated rings. The fourth-order valence-corrected chi connectivity index (χ4v) is 4.43. The van der Waals surface area contributed by atoms with Crippen LogP contribution >= 0.6 is 11.3 Å². The average molecular weight is 403 g/mol. The van der Waals surface area contributed by atoms with E-state index in [0.29, 0.717) is 11.3 Å². The summed E-state index contributed by atoms with van der Waals surface area (Å²) in [6, 6.07) is 12.4. The van der Waals surface area contributed by atoms with E-state index in [1.807, 2.05) is 39.0 Å². The molecule has 1 aromatic heterocycles. The van der Waals surface area contributed by atoms with E-state index in [1.165, 1.54) is 0 Å². The smallest absolute Gasteiger partial charge is 0.291 e. The van der Waals surface area contributed by atoms with E-state index >= 15 is 0 Å². The molecule has 1 heterocycles. The van der Waals surface area contributed by atoms with Crippen molar-refractivity contribution in [3.8, 4) is 0 Å². The van der Waals surface area contributed by atoms with E-state index < -0.39 is 10.0 Å². The molecule has 0 unspecified atom stereocenters. The molecule has 3 rings (SSSR count). The van der Waals surface area contributed by atoms with Crippen LogP contribution in [-0.4, -0.2) is 24.5 Å². The summed E-state index contributed by atoms with van der Waals surface area (Å²) in [4.78, 5) is 12.3. The minimum absolute atomic E-state index is 0.115. The van der Waals surface area contributed by atoms with Crippen LogP contribution in [0.5, 0.6) is 0 Å². The summed E-state index contributed by atoms with van der Waals surface area (Å²) in [5, 5.41) is 10.2. The van der Waals surface area contributed by atoms with Gasteiger partial charge >= 0.3 is 0 Å². The lowest BCUT2D eigenvalue weighted by molar-refractivity contribution is 0.102. The summed E-state index contributed by atoms with van der Waals surface area (Å²) in [6.07, 6.45) is 0. The van der Waals surface area contributed by atoms with Gasteiger partial charge < -0.3 is 0 Å². The Morgan fingerprint density at radius 1 is 0.963 bits per heavy atom. The Hall–Kier alpha value is -2.78. The molecule has 3 aromatic rings. The van der Waals surface area contributed by atoms with Gasteiger partial charge in [-0.25, -0.2) is 0 Å². The number of benzene rings is 2. The molecule has 2 aromatic carbocycles. The van der Waals surface area contributed by atoms with E-state index in [0.717, 1.165) is 28.0 Å². The number of hydrogen-bond donors (Lipinski definition) is 2. The van der Waals surface area contributed by atoms with Crippen LogP contribution in [0, 0.1) is 20.8 Å². The molecule has 0 saturated heterocycles. The predicted molar refractivity (Wildman–Crippen MR) is 106 cm³/mol. The van der Waals surface area contributed by atoms with E-state index in [2.05, 4.69) is 20.2 Å². The zero-order chi connectivity index (χ0) is 19.6. The van der Waals surface area contributed by atoms with Gasteiger partial charge in [-0.15, -0.1) is 10.2 Å². The number of sulfonamides is 1. The number of nitrogens with zero attached hydrogens (tertiary/aromatic N) is 2. The first-order valence-electron chi connectivity index (χ1n) is 8.07. The molecule has 1 amide bonds. The highest BCUT2D eigenvalue weighted by molar-refractivity contribution is 7.94. The van der Waals surface area contributed by atoms with Crippen molar-refractivity contribution in [3.63, 3.8) is 0 Å². The summed E-state index contributed by atoms with van der Waals surface area (Å²) >= 11 is 0.793. The molecule has 9 heteroatoms. The normalized spacial score (nSPS) is 11.2. The van der Waals surface area contributed by atoms with Crippen LogP contribution in [-0.2, 0) is 10.0 Å². The lowest BCUT2D eigenvalue weighted by atomic mass is 10.1. The van der Waals surface area contributed by atoms with Crippen molar-refractivity contribution in [1.82, 2.24) is 10.2 Å². The highest BCUT2D eigenvalue weighted by Gasteiger charge is 2.22. The van der Waals surface area contributed by atoms with Gasteiger partial charge in [0.1, 0.15) is 0 Å². The monoisotopic (exact) mass is 402 g/mol. The first-order valence-corrected chi connectivity index (χ1v) is 10.4. The van der Waals surface area contributed by atoms with Gasteiger partial charge in [0.2, 0.25) is 5.13 Å². The Kier molecular flexibility index (Phi) is 5.24. The van der Waals surface area contributed by atoms with Crippen molar-refractivity contribution in [2.75, 3.05) is 10.0 Å². The van der Waals surface area contributed by atoms with Crippen LogP contribution in [0.3, 0.4) is 0 Å². The summed E-state index contributed by atoms with van der Waals surface area (Å²) in [6.45, 7) is 5.55. The van der Waals surface area contributed by atoms with Gasteiger partial charge in [0.05, 0.1) is 5.69 Å². The van der Waals surface area contributed by atoms with Gasteiger partial charge in [-0.2, -0.15) is 8.42 Å². The summed E-state index contributed by atoms with van der Waals surface area (Å²) in [7, 11) is -3.90.